The molecule has 30 heavy (non-hydrogen) atoms. The molecule has 0 saturated carbocycles. The van der Waals surface area contributed by atoms with Crippen molar-refractivity contribution in [3.63, 3.8) is 0 Å². The lowest BCUT2D eigenvalue weighted by molar-refractivity contribution is 1.20. The molecule has 0 amide bonds. The first-order valence-corrected chi connectivity index (χ1v) is 10.3. The third kappa shape index (κ3) is 5.74. The van der Waals surface area contributed by atoms with E-state index in [0.29, 0.717) is 0 Å². The second kappa shape index (κ2) is 10.3. The maximum atomic E-state index is 2.19. The first-order valence-electron chi connectivity index (χ1n) is 10.3. The first-order chi connectivity index (χ1) is 14.5. The van der Waals surface area contributed by atoms with E-state index in [1.54, 1.807) is 0 Å². The Morgan fingerprint density at radius 1 is 0.367 bits per heavy atom. The van der Waals surface area contributed by atoms with Crippen LogP contribution in [0.2, 0.25) is 0 Å². The highest BCUT2D eigenvalue weighted by Gasteiger charge is 2.02. The maximum absolute atomic E-state index is 2.19. The Morgan fingerprint density at radius 2 is 0.633 bits per heavy atom. The van der Waals surface area contributed by atoms with Gasteiger partial charge >= 0.3 is 0 Å². The molecule has 0 aliphatic carbocycles. The number of rotatable bonds is 4. The third-order valence-electron chi connectivity index (χ3n) is 5.13. The molecule has 0 radical (unpaired) electrons. The van der Waals surface area contributed by atoms with Crippen molar-refractivity contribution in [2.24, 2.45) is 0 Å². The van der Waals surface area contributed by atoms with Gasteiger partial charge < -0.3 is 9.80 Å². The monoisotopic (exact) mass is 394 g/mol. The molecule has 152 valence electrons. The standard InChI is InChI=1S/C15H17N.C13H13N/c1-12-4-8-14(9-5-12)16(3)15-10-6-13(2)7-11-15;1-14(12-8-4-2-5-9-12)13-10-6-3-7-11-13/h4-11H,1-3H3;2-11H,1H3. The van der Waals surface area contributed by atoms with E-state index in [2.05, 4.69) is 135 Å². The molecule has 0 atom stereocenters. The summed E-state index contributed by atoms with van der Waals surface area (Å²) < 4.78 is 0. The average Bonchev–Trinajstić information content (AvgIpc) is 2.81. The van der Waals surface area contributed by atoms with Gasteiger partial charge in [0.15, 0.2) is 0 Å². The van der Waals surface area contributed by atoms with E-state index in [1.165, 1.54) is 33.9 Å². The minimum absolute atomic E-state index is 1.21. The summed E-state index contributed by atoms with van der Waals surface area (Å²) >= 11 is 0. The predicted molar refractivity (Wildman–Crippen MR) is 131 cm³/mol. The Balaban J connectivity index is 0.000000172. The average molecular weight is 395 g/mol. The summed E-state index contributed by atoms with van der Waals surface area (Å²) in [5, 5.41) is 0. The molecule has 4 aromatic carbocycles. The molecular weight excluding hydrogens is 364 g/mol. The quantitative estimate of drug-likeness (QED) is 0.353. The zero-order valence-corrected chi connectivity index (χ0v) is 18.3. The number of nitrogens with zero attached hydrogens (tertiary/aromatic N) is 2. The van der Waals surface area contributed by atoms with E-state index >= 15 is 0 Å². The van der Waals surface area contributed by atoms with E-state index in [0.717, 1.165) is 0 Å². The van der Waals surface area contributed by atoms with Crippen molar-refractivity contribution >= 4 is 22.7 Å². The zero-order valence-electron chi connectivity index (χ0n) is 18.3. The van der Waals surface area contributed by atoms with Crippen LogP contribution in [0.3, 0.4) is 0 Å². The van der Waals surface area contributed by atoms with Crippen LogP contribution in [-0.2, 0) is 0 Å². The fourth-order valence-corrected chi connectivity index (χ4v) is 3.14. The highest BCUT2D eigenvalue weighted by Crippen LogP contribution is 2.24. The lowest BCUT2D eigenvalue weighted by atomic mass is 10.2. The molecule has 0 saturated heterocycles. The molecule has 4 rings (SSSR count). The van der Waals surface area contributed by atoms with Gasteiger partial charge in [-0.05, 0) is 62.4 Å². The number of benzene rings is 4. The maximum Gasteiger partial charge on any atom is 0.0408 e. The van der Waals surface area contributed by atoms with E-state index < -0.39 is 0 Å². The summed E-state index contributed by atoms with van der Waals surface area (Å²) in [6.07, 6.45) is 0. The van der Waals surface area contributed by atoms with Crippen molar-refractivity contribution in [2.45, 2.75) is 13.8 Å². The van der Waals surface area contributed by atoms with Crippen LogP contribution < -0.4 is 9.80 Å². The highest BCUT2D eigenvalue weighted by molar-refractivity contribution is 5.63. The van der Waals surface area contributed by atoms with Gasteiger partial charge in [-0.1, -0.05) is 71.8 Å². The molecule has 0 bridgehead atoms. The van der Waals surface area contributed by atoms with Crippen LogP contribution >= 0.6 is 0 Å². The summed E-state index contributed by atoms with van der Waals surface area (Å²) in [6, 6.07) is 37.8. The lowest BCUT2D eigenvalue weighted by Crippen LogP contribution is -2.08. The largest absolute Gasteiger partial charge is 0.345 e. The van der Waals surface area contributed by atoms with Gasteiger partial charge in [0.1, 0.15) is 0 Å². The van der Waals surface area contributed by atoms with Crippen LogP contribution in [-0.4, -0.2) is 14.1 Å². The van der Waals surface area contributed by atoms with Crippen molar-refractivity contribution < 1.29 is 0 Å². The van der Waals surface area contributed by atoms with E-state index in [-0.39, 0.29) is 0 Å². The van der Waals surface area contributed by atoms with E-state index in [1.807, 2.05) is 12.1 Å². The Morgan fingerprint density at radius 3 is 0.933 bits per heavy atom. The molecule has 0 aliphatic heterocycles. The van der Waals surface area contributed by atoms with Crippen molar-refractivity contribution in [3.8, 4) is 0 Å². The van der Waals surface area contributed by atoms with E-state index in [4.69, 9.17) is 0 Å². The summed E-state index contributed by atoms with van der Waals surface area (Å²) in [5.41, 5.74) is 7.43. The third-order valence-corrected chi connectivity index (χ3v) is 5.13. The molecule has 4 aromatic rings. The van der Waals surface area contributed by atoms with Gasteiger partial charge in [-0.2, -0.15) is 0 Å². The van der Waals surface area contributed by atoms with Gasteiger partial charge in [-0.3, -0.25) is 0 Å². The zero-order chi connectivity index (χ0) is 21.3. The number of hydrogen-bond acceptors (Lipinski definition) is 2. The first kappa shape index (κ1) is 21.2. The molecule has 2 nitrogen and oxygen atoms in total. The Kier molecular flexibility index (Phi) is 7.29. The van der Waals surface area contributed by atoms with Crippen LogP contribution in [0.5, 0.6) is 0 Å². The minimum atomic E-state index is 1.21. The summed E-state index contributed by atoms with van der Waals surface area (Å²) in [5.74, 6) is 0. The number of para-hydroxylation sites is 2. The number of anilines is 4. The summed E-state index contributed by atoms with van der Waals surface area (Å²) in [7, 11) is 4.17. The summed E-state index contributed by atoms with van der Waals surface area (Å²) in [6.45, 7) is 4.21. The fraction of sp³-hybridized carbons (Fsp3) is 0.143. The molecule has 0 aliphatic rings. The molecule has 2 heteroatoms. The predicted octanol–water partition coefficient (Wildman–Crippen LogP) is 7.53. The lowest BCUT2D eigenvalue weighted by Gasteiger charge is -2.19. The van der Waals surface area contributed by atoms with Crippen LogP contribution in [0.25, 0.3) is 0 Å². The Hall–Kier alpha value is -3.52. The highest BCUT2D eigenvalue weighted by atomic mass is 15.1. The van der Waals surface area contributed by atoms with Gasteiger partial charge in [0, 0.05) is 36.8 Å². The summed E-state index contributed by atoms with van der Waals surface area (Å²) in [4.78, 5) is 4.36. The van der Waals surface area contributed by atoms with Crippen molar-refractivity contribution in [2.75, 3.05) is 23.9 Å². The molecule has 0 aromatic heterocycles. The normalized spacial score (nSPS) is 10.0. The molecule has 0 unspecified atom stereocenters. The fourth-order valence-electron chi connectivity index (χ4n) is 3.14. The van der Waals surface area contributed by atoms with Crippen molar-refractivity contribution in [1.82, 2.24) is 0 Å². The number of aryl methyl sites for hydroxylation is 2. The topological polar surface area (TPSA) is 6.48 Å². The SMILES string of the molecule is CN(c1ccccc1)c1ccccc1.Cc1ccc(N(C)c2ccc(C)cc2)cc1. The smallest absolute Gasteiger partial charge is 0.0408 e. The second-order valence-corrected chi connectivity index (χ2v) is 7.46. The minimum Gasteiger partial charge on any atom is -0.345 e. The van der Waals surface area contributed by atoms with Gasteiger partial charge in [0.2, 0.25) is 0 Å². The molecular formula is C28H30N2. The molecule has 0 spiro atoms. The van der Waals surface area contributed by atoms with Crippen LogP contribution in [0.1, 0.15) is 11.1 Å². The Labute approximate surface area is 181 Å². The molecule has 0 heterocycles. The van der Waals surface area contributed by atoms with Crippen LogP contribution in [0, 0.1) is 13.8 Å². The van der Waals surface area contributed by atoms with Gasteiger partial charge in [-0.15, -0.1) is 0 Å². The van der Waals surface area contributed by atoms with Gasteiger partial charge in [0.05, 0.1) is 0 Å². The van der Waals surface area contributed by atoms with E-state index in [9.17, 15) is 0 Å². The molecule has 0 fully saturated rings. The van der Waals surface area contributed by atoms with Crippen molar-refractivity contribution in [1.29, 1.82) is 0 Å². The van der Waals surface area contributed by atoms with Crippen LogP contribution in [0.15, 0.2) is 109 Å². The Bertz CT molecular complexity index is 923. The molecule has 0 N–H and O–H groups in total. The van der Waals surface area contributed by atoms with Gasteiger partial charge in [0.25, 0.3) is 0 Å². The second-order valence-electron chi connectivity index (χ2n) is 7.46. The van der Waals surface area contributed by atoms with Crippen molar-refractivity contribution in [3.05, 3.63) is 120 Å². The van der Waals surface area contributed by atoms with Gasteiger partial charge in [-0.25, -0.2) is 0 Å². The van der Waals surface area contributed by atoms with Crippen LogP contribution in [0.4, 0.5) is 22.7 Å². The number of hydrogen-bond donors (Lipinski definition) is 0.